The molecule has 31 heavy (non-hydrogen) atoms. The number of halogens is 2. The van der Waals surface area contributed by atoms with Crippen LogP contribution in [0.5, 0.6) is 0 Å². The summed E-state index contributed by atoms with van der Waals surface area (Å²) in [6.07, 6.45) is 0. The number of hydrogen-bond donors (Lipinski definition) is 1. The summed E-state index contributed by atoms with van der Waals surface area (Å²) in [5.41, 5.74) is 1.09. The SMILES string of the molecule is Cc1cc(-n2c(=O)c3sccc3n(CC(=O)Nc3ccc(C)c(Cl)c3)c2=O)ccc1F. The van der Waals surface area contributed by atoms with E-state index in [2.05, 4.69) is 5.32 Å². The van der Waals surface area contributed by atoms with Gasteiger partial charge in [-0.3, -0.25) is 14.2 Å². The number of benzene rings is 2. The molecule has 4 rings (SSSR count). The highest BCUT2D eigenvalue weighted by Gasteiger charge is 2.18. The Hall–Kier alpha value is -3.23. The van der Waals surface area contributed by atoms with E-state index in [0.29, 0.717) is 26.5 Å². The fourth-order valence-electron chi connectivity index (χ4n) is 3.25. The number of amides is 1. The first kappa shape index (κ1) is 21.0. The summed E-state index contributed by atoms with van der Waals surface area (Å²) >= 11 is 7.28. The van der Waals surface area contributed by atoms with Gasteiger partial charge in [0, 0.05) is 10.7 Å². The topological polar surface area (TPSA) is 73.1 Å². The number of thiophene rings is 1. The van der Waals surface area contributed by atoms with E-state index in [-0.39, 0.29) is 12.2 Å². The molecule has 0 atom stereocenters. The van der Waals surface area contributed by atoms with Gasteiger partial charge in [0.15, 0.2) is 0 Å². The van der Waals surface area contributed by atoms with Gasteiger partial charge in [0.25, 0.3) is 5.56 Å². The number of aryl methyl sites for hydroxylation is 2. The van der Waals surface area contributed by atoms with E-state index >= 15 is 0 Å². The quantitative estimate of drug-likeness (QED) is 0.497. The molecule has 6 nitrogen and oxygen atoms in total. The van der Waals surface area contributed by atoms with Crippen LogP contribution in [0.2, 0.25) is 5.02 Å². The average Bonchev–Trinajstić information content (AvgIpc) is 3.21. The lowest BCUT2D eigenvalue weighted by atomic mass is 10.2. The zero-order chi connectivity index (χ0) is 22.3. The molecule has 9 heteroatoms. The molecular formula is C22H17ClFN3O3S. The first-order chi connectivity index (χ1) is 14.8. The number of hydrogen-bond acceptors (Lipinski definition) is 4. The molecule has 4 aromatic rings. The maximum atomic E-state index is 13.7. The Balaban J connectivity index is 1.78. The first-order valence-corrected chi connectivity index (χ1v) is 10.6. The first-order valence-electron chi connectivity index (χ1n) is 9.32. The molecule has 0 fully saturated rings. The normalized spacial score (nSPS) is 11.1. The van der Waals surface area contributed by atoms with E-state index in [1.165, 1.54) is 34.1 Å². The molecule has 2 aromatic heterocycles. The van der Waals surface area contributed by atoms with Crippen molar-refractivity contribution in [1.82, 2.24) is 9.13 Å². The van der Waals surface area contributed by atoms with E-state index in [0.717, 1.165) is 10.1 Å². The van der Waals surface area contributed by atoms with Crippen molar-refractivity contribution in [1.29, 1.82) is 0 Å². The smallest absolute Gasteiger partial charge is 0.324 e. The molecule has 0 bridgehead atoms. The van der Waals surface area contributed by atoms with Gasteiger partial charge in [-0.15, -0.1) is 11.3 Å². The predicted molar refractivity (Wildman–Crippen MR) is 121 cm³/mol. The number of aromatic nitrogens is 2. The second kappa shape index (κ2) is 8.13. The summed E-state index contributed by atoms with van der Waals surface area (Å²) in [7, 11) is 0. The van der Waals surface area contributed by atoms with Gasteiger partial charge in [0.05, 0.1) is 11.2 Å². The third-order valence-electron chi connectivity index (χ3n) is 4.91. The molecule has 0 aliphatic heterocycles. The van der Waals surface area contributed by atoms with Crippen LogP contribution in [-0.2, 0) is 11.3 Å². The molecule has 2 heterocycles. The lowest BCUT2D eigenvalue weighted by Gasteiger charge is -2.13. The summed E-state index contributed by atoms with van der Waals surface area (Å²) in [4.78, 5) is 38.9. The van der Waals surface area contributed by atoms with E-state index < -0.39 is 23.0 Å². The van der Waals surface area contributed by atoms with Gasteiger partial charge in [-0.05, 0) is 66.8 Å². The Bertz CT molecular complexity index is 1450. The number of nitrogens with one attached hydrogen (secondary N) is 1. The molecule has 0 saturated carbocycles. The summed E-state index contributed by atoms with van der Waals surface area (Å²) in [6, 6.07) is 10.7. The van der Waals surface area contributed by atoms with E-state index in [1.807, 2.05) is 6.92 Å². The van der Waals surface area contributed by atoms with Crippen LogP contribution in [0, 0.1) is 19.7 Å². The highest BCUT2D eigenvalue weighted by Crippen LogP contribution is 2.21. The van der Waals surface area contributed by atoms with Crippen molar-refractivity contribution in [2.45, 2.75) is 20.4 Å². The van der Waals surface area contributed by atoms with Crippen molar-refractivity contribution in [3.8, 4) is 5.69 Å². The number of fused-ring (bicyclic) bond motifs is 1. The van der Waals surface area contributed by atoms with Crippen LogP contribution in [0.3, 0.4) is 0 Å². The second-order valence-corrected chi connectivity index (χ2v) is 8.41. The van der Waals surface area contributed by atoms with Crippen molar-refractivity contribution in [2.75, 3.05) is 5.32 Å². The third kappa shape index (κ3) is 3.92. The molecule has 2 aromatic carbocycles. The predicted octanol–water partition coefficient (Wildman–Crippen LogP) is 4.26. The van der Waals surface area contributed by atoms with Crippen LogP contribution in [0.25, 0.3) is 15.9 Å². The van der Waals surface area contributed by atoms with Gasteiger partial charge in [-0.2, -0.15) is 0 Å². The monoisotopic (exact) mass is 457 g/mol. The minimum Gasteiger partial charge on any atom is -0.324 e. The Kier molecular flexibility index (Phi) is 5.51. The van der Waals surface area contributed by atoms with E-state index in [9.17, 15) is 18.8 Å². The summed E-state index contributed by atoms with van der Waals surface area (Å²) < 4.78 is 16.2. The minimum absolute atomic E-state index is 0.240. The largest absolute Gasteiger partial charge is 0.336 e. The lowest BCUT2D eigenvalue weighted by Crippen LogP contribution is -2.40. The zero-order valence-electron chi connectivity index (χ0n) is 16.6. The number of anilines is 1. The van der Waals surface area contributed by atoms with Gasteiger partial charge in [-0.25, -0.2) is 13.8 Å². The van der Waals surface area contributed by atoms with Gasteiger partial charge in [-0.1, -0.05) is 17.7 Å². The van der Waals surface area contributed by atoms with Crippen molar-refractivity contribution < 1.29 is 9.18 Å². The van der Waals surface area contributed by atoms with E-state index in [4.69, 9.17) is 11.6 Å². The number of carbonyl (C=O) groups is 1. The Morgan fingerprint density at radius 1 is 1.10 bits per heavy atom. The van der Waals surface area contributed by atoms with Crippen molar-refractivity contribution >= 4 is 44.7 Å². The van der Waals surface area contributed by atoms with E-state index in [1.54, 1.807) is 36.6 Å². The van der Waals surface area contributed by atoms with Crippen molar-refractivity contribution in [3.05, 3.63) is 90.6 Å². The summed E-state index contributed by atoms with van der Waals surface area (Å²) in [5.74, 6) is -0.888. The van der Waals surface area contributed by atoms with Crippen LogP contribution in [0.4, 0.5) is 10.1 Å². The van der Waals surface area contributed by atoms with Gasteiger partial charge >= 0.3 is 5.69 Å². The maximum Gasteiger partial charge on any atom is 0.336 e. The number of rotatable bonds is 4. The van der Waals surface area contributed by atoms with Gasteiger partial charge in [0.1, 0.15) is 17.1 Å². The fraction of sp³-hybridized carbons (Fsp3) is 0.136. The molecular weight excluding hydrogens is 441 g/mol. The number of carbonyl (C=O) groups excluding carboxylic acids is 1. The average molecular weight is 458 g/mol. The molecule has 0 saturated heterocycles. The molecule has 158 valence electrons. The fourth-order valence-corrected chi connectivity index (χ4v) is 4.26. The minimum atomic E-state index is -0.681. The molecule has 0 aliphatic rings. The second-order valence-electron chi connectivity index (χ2n) is 7.09. The maximum absolute atomic E-state index is 13.7. The van der Waals surface area contributed by atoms with Crippen LogP contribution in [-0.4, -0.2) is 15.0 Å². The molecule has 1 N–H and O–H groups in total. The highest BCUT2D eigenvalue weighted by molar-refractivity contribution is 7.17. The lowest BCUT2D eigenvalue weighted by molar-refractivity contribution is -0.116. The van der Waals surface area contributed by atoms with Crippen LogP contribution >= 0.6 is 22.9 Å². The summed E-state index contributed by atoms with van der Waals surface area (Å²) in [6.45, 7) is 3.09. The Morgan fingerprint density at radius 3 is 2.58 bits per heavy atom. The zero-order valence-corrected chi connectivity index (χ0v) is 18.2. The summed E-state index contributed by atoms with van der Waals surface area (Å²) in [5, 5.41) is 4.91. The van der Waals surface area contributed by atoms with Gasteiger partial charge < -0.3 is 5.32 Å². The standard InChI is InChI=1S/C22H17ClFN3O3S/c1-12-3-4-14(10-16(12)23)25-19(28)11-26-18-7-8-31-20(18)21(29)27(22(26)30)15-5-6-17(24)13(2)9-15/h3-10H,11H2,1-2H3,(H,25,28). The van der Waals surface area contributed by atoms with Crippen molar-refractivity contribution in [3.63, 3.8) is 0 Å². The van der Waals surface area contributed by atoms with Crippen LogP contribution in [0.15, 0.2) is 57.4 Å². The number of nitrogens with zero attached hydrogens (tertiary/aromatic N) is 2. The molecule has 0 aliphatic carbocycles. The van der Waals surface area contributed by atoms with Gasteiger partial charge in [0.2, 0.25) is 5.91 Å². The highest BCUT2D eigenvalue weighted by atomic mass is 35.5. The van der Waals surface area contributed by atoms with Crippen LogP contribution < -0.4 is 16.6 Å². The third-order valence-corrected chi connectivity index (χ3v) is 6.21. The molecule has 1 amide bonds. The Morgan fingerprint density at radius 2 is 1.87 bits per heavy atom. The molecule has 0 radical (unpaired) electrons. The van der Waals surface area contributed by atoms with Crippen LogP contribution in [0.1, 0.15) is 11.1 Å². The Labute approximate surface area is 185 Å². The van der Waals surface area contributed by atoms with Crippen molar-refractivity contribution in [2.24, 2.45) is 0 Å². The molecule has 0 spiro atoms. The molecule has 0 unspecified atom stereocenters.